The molecule has 2 fully saturated rings. The number of piperidine rings is 1. The molecule has 6 heteroatoms. The Labute approximate surface area is 190 Å². The summed E-state index contributed by atoms with van der Waals surface area (Å²) in [6, 6.07) is 14.9. The third-order valence-corrected chi connectivity index (χ3v) is 7.00. The van der Waals surface area contributed by atoms with Gasteiger partial charge in [0.1, 0.15) is 0 Å². The molecule has 1 aromatic carbocycles. The molecule has 1 saturated heterocycles. The molecule has 1 amide bonds. The molecular weight excluding hydrogens is 398 g/mol. The van der Waals surface area contributed by atoms with E-state index in [-0.39, 0.29) is 11.8 Å². The fourth-order valence-electron chi connectivity index (χ4n) is 5.33. The number of amides is 1. The van der Waals surface area contributed by atoms with Crippen LogP contribution in [0.2, 0.25) is 0 Å². The first-order valence-electron chi connectivity index (χ1n) is 12.2. The smallest absolute Gasteiger partial charge is 0.224 e. The van der Waals surface area contributed by atoms with Gasteiger partial charge in [-0.05, 0) is 49.9 Å². The summed E-state index contributed by atoms with van der Waals surface area (Å²) in [5, 5.41) is 3.14. The van der Waals surface area contributed by atoms with Gasteiger partial charge in [0.25, 0.3) is 0 Å². The Kier molecular flexibility index (Phi) is 6.37. The average molecular weight is 432 g/mol. The summed E-state index contributed by atoms with van der Waals surface area (Å²) in [6.07, 6.45) is 10.9. The van der Waals surface area contributed by atoms with Gasteiger partial charge in [-0.1, -0.05) is 37.5 Å². The van der Waals surface area contributed by atoms with Crippen molar-refractivity contribution in [2.24, 2.45) is 5.92 Å². The van der Waals surface area contributed by atoms with Crippen molar-refractivity contribution in [3.05, 3.63) is 54.4 Å². The molecule has 2 aliphatic rings. The highest BCUT2D eigenvalue weighted by Crippen LogP contribution is 2.36. The van der Waals surface area contributed by atoms with Gasteiger partial charge in [-0.2, -0.15) is 0 Å². The van der Waals surface area contributed by atoms with Gasteiger partial charge < -0.3 is 14.8 Å². The number of nitrogens with one attached hydrogen (secondary N) is 1. The predicted molar refractivity (Wildman–Crippen MR) is 128 cm³/mol. The van der Waals surface area contributed by atoms with Gasteiger partial charge in [0.2, 0.25) is 11.9 Å². The molecule has 1 aliphatic carbocycles. The number of nitrogens with zero attached hydrogens (tertiary/aromatic N) is 4. The van der Waals surface area contributed by atoms with E-state index in [1.54, 1.807) is 6.20 Å². The summed E-state index contributed by atoms with van der Waals surface area (Å²) >= 11 is 0. The van der Waals surface area contributed by atoms with E-state index in [2.05, 4.69) is 44.0 Å². The number of fused-ring (bicyclic) bond motifs is 1. The minimum absolute atomic E-state index is 0.00657. The number of pyridine rings is 1. The zero-order chi connectivity index (χ0) is 21.8. The van der Waals surface area contributed by atoms with Crippen LogP contribution in [0.3, 0.4) is 0 Å². The Morgan fingerprint density at radius 3 is 2.69 bits per heavy atom. The Morgan fingerprint density at radius 2 is 1.84 bits per heavy atom. The van der Waals surface area contributed by atoms with Crippen LogP contribution in [0.4, 0.5) is 5.95 Å². The first-order valence-corrected chi connectivity index (χ1v) is 12.2. The van der Waals surface area contributed by atoms with Crippen molar-refractivity contribution in [3.8, 4) is 0 Å². The SMILES string of the molecule is O=C(NCCc1ccccn1)C1CCCN(c2nc3ccccc3n2C2CCCCC2)C1. The Morgan fingerprint density at radius 1 is 1.00 bits per heavy atom. The Hall–Kier alpha value is -2.89. The van der Waals surface area contributed by atoms with Crippen molar-refractivity contribution in [2.45, 2.75) is 57.4 Å². The minimum atomic E-state index is 0.00657. The molecule has 1 atom stereocenters. The predicted octanol–water partition coefficient (Wildman–Crippen LogP) is 4.51. The van der Waals surface area contributed by atoms with Crippen molar-refractivity contribution < 1.29 is 4.79 Å². The quantitative estimate of drug-likeness (QED) is 0.624. The highest BCUT2D eigenvalue weighted by molar-refractivity contribution is 5.81. The van der Waals surface area contributed by atoms with Crippen molar-refractivity contribution >= 4 is 22.9 Å². The van der Waals surface area contributed by atoms with E-state index in [1.807, 2.05) is 18.2 Å². The van der Waals surface area contributed by atoms with Crippen LogP contribution in [0.25, 0.3) is 11.0 Å². The number of imidazole rings is 1. The Balaban J connectivity index is 1.30. The summed E-state index contributed by atoms with van der Waals surface area (Å²) in [7, 11) is 0. The molecule has 0 radical (unpaired) electrons. The molecule has 6 nitrogen and oxygen atoms in total. The maximum Gasteiger partial charge on any atom is 0.224 e. The number of carbonyl (C=O) groups is 1. The van der Waals surface area contributed by atoms with E-state index in [9.17, 15) is 4.79 Å². The van der Waals surface area contributed by atoms with Crippen LogP contribution in [0.5, 0.6) is 0 Å². The lowest BCUT2D eigenvalue weighted by Crippen LogP contribution is -2.44. The molecule has 2 aromatic heterocycles. The highest BCUT2D eigenvalue weighted by atomic mass is 16.1. The number of hydrogen-bond acceptors (Lipinski definition) is 4. The number of carbonyl (C=O) groups excluding carboxylic acids is 1. The number of benzene rings is 1. The summed E-state index contributed by atoms with van der Waals surface area (Å²) in [6.45, 7) is 2.34. The van der Waals surface area contributed by atoms with Gasteiger partial charge in [-0.3, -0.25) is 9.78 Å². The molecule has 32 heavy (non-hydrogen) atoms. The maximum atomic E-state index is 12.9. The summed E-state index contributed by atoms with van der Waals surface area (Å²) < 4.78 is 2.48. The molecule has 1 aliphatic heterocycles. The zero-order valence-corrected chi connectivity index (χ0v) is 18.7. The van der Waals surface area contributed by atoms with Crippen LogP contribution >= 0.6 is 0 Å². The van der Waals surface area contributed by atoms with Gasteiger partial charge in [0, 0.05) is 44.0 Å². The maximum absolute atomic E-state index is 12.9. The first-order chi connectivity index (χ1) is 15.8. The van der Waals surface area contributed by atoms with Crippen LogP contribution in [0.1, 0.15) is 56.7 Å². The van der Waals surface area contributed by atoms with Crippen LogP contribution < -0.4 is 10.2 Å². The monoisotopic (exact) mass is 431 g/mol. The van der Waals surface area contributed by atoms with E-state index in [4.69, 9.17) is 4.98 Å². The topological polar surface area (TPSA) is 63.1 Å². The summed E-state index contributed by atoms with van der Waals surface area (Å²) in [4.78, 5) is 24.7. The first kappa shape index (κ1) is 21.0. The van der Waals surface area contributed by atoms with Crippen LogP contribution in [0.15, 0.2) is 48.7 Å². The number of anilines is 1. The van der Waals surface area contributed by atoms with Crippen molar-refractivity contribution in [1.29, 1.82) is 0 Å². The average Bonchev–Trinajstić information content (AvgIpc) is 3.25. The van der Waals surface area contributed by atoms with Gasteiger partial charge in [-0.15, -0.1) is 0 Å². The number of para-hydroxylation sites is 2. The van der Waals surface area contributed by atoms with Gasteiger partial charge in [0.05, 0.1) is 17.0 Å². The second kappa shape index (κ2) is 9.72. The molecule has 1 N–H and O–H groups in total. The van der Waals surface area contributed by atoms with Crippen LogP contribution in [-0.4, -0.2) is 40.1 Å². The summed E-state index contributed by atoms with van der Waals surface area (Å²) in [5.41, 5.74) is 3.31. The zero-order valence-electron chi connectivity index (χ0n) is 18.7. The second-order valence-electron chi connectivity index (χ2n) is 9.21. The van der Waals surface area contributed by atoms with E-state index >= 15 is 0 Å². The second-order valence-corrected chi connectivity index (χ2v) is 9.21. The fraction of sp³-hybridized carbons (Fsp3) is 0.500. The van der Waals surface area contributed by atoms with Crippen LogP contribution in [-0.2, 0) is 11.2 Å². The molecule has 1 saturated carbocycles. The lowest BCUT2D eigenvalue weighted by atomic mass is 9.95. The molecule has 168 valence electrons. The molecular formula is C26H33N5O. The lowest BCUT2D eigenvalue weighted by Gasteiger charge is -2.35. The van der Waals surface area contributed by atoms with E-state index in [0.717, 1.165) is 49.5 Å². The van der Waals surface area contributed by atoms with E-state index in [0.29, 0.717) is 12.6 Å². The van der Waals surface area contributed by atoms with Crippen LogP contribution in [0, 0.1) is 5.92 Å². The highest BCUT2D eigenvalue weighted by Gasteiger charge is 2.30. The molecule has 5 rings (SSSR count). The molecule has 3 aromatic rings. The van der Waals surface area contributed by atoms with E-state index in [1.165, 1.54) is 37.6 Å². The van der Waals surface area contributed by atoms with E-state index < -0.39 is 0 Å². The molecule has 3 heterocycles. The van der Waals surface area contributed by atoms with Gasteiger partial charge in [0.15, 0.2) is 0 Å². The third-order valence-electron chi connectivity index (χ3n) is 7.00. The number of rotatable bonds is 6. The fourth-order valence-corrected chi connectivity index (χ4v) is 5.33. The van der Waals surface area contributed by atoms with Crippen molar-refractivity contribution in [3.63, 3.8) is 0 Å². The molecule has 0 spiro atoms. The van der Waals surface area contributed by atoms with Gasteiger partial charge in [-0.25, -0.2) is 4.98 Å². The van der Waals surface area contributed by atoms with Crippen molar-refractivity contribution in [1.82, 2.24) is 19.9 Å². The molecule has 1 unspecified atom stereocenters. The number of hydrogen-bond donors (Lipinski definition) is 1. The lowest BCUT2D eigenvalue weighted by molar-refractivity contribution is -0.125. The summed E-state index contributed by atoms with van der Waals surface area (Å²) in [5.74, 6) is 1.22. The molecule has 0 bridgehead atoms. The normalized spacial score (nSPS) is 19.9. The Bertz CT molecular complexity index is 1040. The standard InChI is InChI=1S/C26H33N5O/c32-25(28-17-15-21-10-6-7-16-27-21)20-9-8-18-30(19-20)26-29-23-13-4-5-14-24(23)31(26)22-11-2-1-3-12-22/h4-7,10,13-14,16,20,22H,1-3,8-9,11-12,15,17-19H2,(H,28,32). The van der Waals surface area contributed by atoms with Gasteiger partial charge >= 0.3 is 0 Å². The van der Waals surface area contributed by atoms with Crippen molar-refractivity contribution in [2.75, 3.05) is 24.5 Å². The largest absolute Gasteiger partial charge is 0.355 e. The number of aromatic nitrogens is 3. The third kappa shape index (κ3) is 4.50. The minimum Gasteiger partial charge on any atom is -0.355 e.